The van der Waals surface area contributed by atoms with Crippen LogP contribution in [0.3, 0.4) is 0 Å². The average Bonchev–Trinajstić information content (AvgIpc) is 2.00. The highest BCUT2D eigenvalue weighted by atomic mass is 19.4. The van der Waals surface area contributed by atoms with Gasteiger partial charge in [-0.15, -0.1) is 0 Å². The van der Waals surface area contributed by atoms with Crippen molar-refractivity contribution in [3.8, 4) is 0 Å². The molecule has 0 aliphatic heterocycles. The van der Waals surface area contributed by atoms with E-state index in [1.54, 1.807) is 13.8 Å². The Hall–Kier alpha value is -0.225. The SMILES string of the molecule is CCOC(CC[B-](F)(F)F)OCC. The Kier molecular flexibility index (Phi) is 6.15. The first kappa shape index (κ1) is 12.8. The number of hydrogen-bond donors (Lipinski definition) is 0. The monoisotopic (exact) mass is 199 g/mol. The Balaban J connectivity index is 3.68. The standard InChI is InChI=1S/C7H15BF3O2/c1-3-12-7(13-4-2)5-6-8(9,10)11/h7H,3-6H2,1-2H3/q-1. The van der Waals surface area contributed by atoms with Gasteiger partial charge in [-0.2, -0.15) is 0 Å². The summed E-state index contributed by atoms with van der Waals surface area (Å²) in [4.78, 5) is 0. The van der Waals surface area contributed by atoms with Crippen LogP contribution in [0.4, 0.5) is 12.9 Å². The van der Waals surface area contributed by atoms with Crippen molar-refractivity contribution in [1.82, 2.24) is 0 Å². The highest BCUT2D eigenvalue weighted by molar-refractivity contribution is 6.58. The van der Waals surface area contributed by atoms with E-state index in [1.807, 2.05) is 0 Å². The Labute approximate surface area is 76.5 Å². The van der Waals surface area contributed by atoms with Gasteiger partial charge in [-0.1, -0.05) is 6.32 Å². The van der Waals surface area contributed by atoms with Gasteiger partial charge in [0, 0.05) is 13.2 Å². The topological polar surface area (TPSA) is 18.5 Å². The summed E-state index contributed by atoms with van der Waals surface area (Å²) in [6, 6.07) is 0. The Morgan fingerprint density at radius 1 is 1.08 bits per heavy atom. The van der Waals surface area contributed by atoms with E-state index in [1.165, 1.54) is 0 Å². The second-order valence-electron chi connectivity index (χ2n) is 2.63. The fourth-order valence-electron chi connectivity index (χ4n) is 0.912. The molecule has 0 aromatic rings. The quantitative estimate of drug-likeness (QED) is 0.463. The molecule has 0 saturated carbocycles. The van der Waals surface area contributed by atoms with Crippen LogP contribution < -0.4 is 0 Å². The summed E-state index contributed by atoms with van der Waals surface area (Å²) >= 11 is 0. The molecule has 0 bridgehead atoms. The predicted molar refractivity (Wildman–Crippen MR) is 45.5 cm³/mol. The molecule has 0 N–H and O–H groups in total. The summed E-state index contributed by atoms with van der Waals surface area (Å²) in [5.74, 6) is 0. The van der Waals surface area contributed by atoms with E-state index in [9.17, 15) is 12.9 Å². The molecule has 0 amide bonds. The smallest absolute Gasteiger partial charge is 0.449 e. The molecule has 6 heteroatoms. The fourth-order valence-corrected chi connectivity index (χ4v) is 0.912. The summed E-state index contributed by atoms with van der Waals surface area (Å²) in [6.07, 6.45) is -1.62. The molecule has 0 fully saturated rings. The van der Waals surface area contributed by atoms with Crippen LogP contribution >= 0.6 is 0 Å². The second-order valence-corrected chi connectivity index (χ2v) is 2.63. The van der Waals surface area contributed by atoms with Gasteiger partial charge in [-0.05, 0) is 20.3 Å². The molecule has 13 heavy (non-hydrogen) atoms. The maximum atomic E-state index is 11.8. The third-order valence-electron chi connectivity index (χ3n) is 1.43. The first-order valence-electron chi connectivity index (χ1n) is 4.43. The molecule has 2 nitrogen and oxygen atoms in total. The van der Waals surface area contributed by atoms with E-state index in [2.05, 4.69) is 0 Å². The van der Waals surface area contributed by atoms with Gasteiger partial charge in [-0.25, -0.2) is 0 Å². The van der Waals surface area contributed by atoms with Crippen molar-refractivity contribution in [2.45, 2.75) is 32.9 Å². The highest BCUT2D eigenvalue weighted by Crippen LogP contribution is 2.19. The first-order chi connectivity index (χ1) is 5.99. The van der Waals surface area contributed by atoms with Crippen LogP contribution in [-0.4, -0.2) is 26.5 Å². The van der Waals surface area contributed by atoms with Crippen LogP contribution in [0, 0.1) is 0 Å². The molecular formula is C7H15BF3O2-. The molecule has 0 spiro atoms. The lowest BCUT2D eigenvalue weighted by Crippen LogP contribution is -2.22. The summed E-state index contributed by atoms with van der Waals surface area (Å²) < 4.78 is 45.5. The number of halogens is 3. The lowest BCUT2D eigenvalue weighted by molar-refractivity contribution is -0.137. The number of ether oxygens (including phenoxy) is 2. The molecule has 80 valence electrons. The van der Waals surface area contributed by atoms with E-state index in [-0.39, 0.29) is 6.42 Å². The zero-order valence-electron chi connectivity index (χ0n) is 7.93. The zero-order valence-corrected chi connectivity index (χ0v) is 7.93. The van der Waals surface area contributed by atoms with E-state index < -0.39 is 19.6 Å². The van der Waals surface area contributed by atoms with Crippen LogP contribution in [0.5, 0.6) is 0 Å². The van der Waals surface area contributed by atoms with Crippen molar-refractivity contribution >= 4 is 6.98 Å². The fraction of sp³-hybridized carbons (Fsp3) is 1.00. The van der Waals surface area contributed by atoms with Crippen LogP contribution in [0.15, 0.2) is 0 Å². The summed E-state index contributed by atoms with van der Waals surface area (Å²) in [5, 5.41) is 0. The van der Waals surface area contributed by atoms with E-state index in [0.717, 1.165) is 0 Å². The van der Waals surface area contributed by atoms with Crippen molar-refractivity contribution < 1.29 is 22.4 Å². The molecule has 0 saturated heterocycles. The molecule has 0 radical (unpaired) electrons. The van der Waals surface area contributed by atoms with Gasteiger partial charge in [0.15, 0.2) is 6.29 Å². The van der Waals surface area contributed by atoms with Crippen molar-refractivity contribution in [3.05, 3.63) is 0 Å². The summed E-state index contributed by atoms with van der Waals surface area (Å²) in [5.41, 5.74) is 0. The third kappa shape index (κ3) is 8.11. The number of hydrogen-bond acceptors (Lipinski definition) is 2. The predicted octanol–water partition coefficient (Wildman–Crippen LogP) is 2.62. The average molecular weight is 199 g/mol. The molecule has 0 aromatic carbocycles. The van der Waals surface area contributed by atoms with Crippen molar-refractivity contribution in [3.63, 3.8) is 0 Å². The zero-order chi connectivity index (χ0) is 10.3. The largest absolute Gasteiger partial charge is 0.478 e. The molecule has 0 heterocycles. The molecule has 0 atom stereocenters. The second kappa shape index (κ2) is 6.26. The van der Waals surface area contributed by atoms with Gasteiger partial charge in [0.2, 0.25) is 0 Å². The maximum absolute atomic E-state index is 11.8. The lowest BCUT2D eigenvalue weighted by Gasteiger charge is -2.20. The van der Waals surface area contributed by atoms with Gasteiger partial charge >= 0.3 is 6.98 Å². The Morgan fingerprint density at radius 2 is 1.54 bits per heavy atom. The van der Waals surface area contributed by atoms with Gasteiger partial charge in [-0.3, -0.25) is 0 Å². The van der Waals surface area contributed by atoms with Crippen LogP contribution in [-0.2, 0) is 9.47 Å². The van der Waals surface area contributed by atoms with Crippen molar-refractivity contribution in [2.75, 3.05) is 13.2 Å². The maximum Gasteiger partial charge on any atom is 0.478 e. The molecule has 0 aromatic heterocycles. The molecule has 0 unspecified atom stereocenters. The Morgan fingerprint density at radius 3 is 1.85 bits per heavy atom. The highest BCUT2D eigenvalue weighted by Gasteiger charge is 2.24. The minimum Gasteiger partial charge on any atom is -0.449 e. The van der Waals surface area contributed by atoms with Crippen LogP contribution in [0.1, 0.15) is 20.3 Å². The van der Waals surface area contributed by atoms with Crippen LogP contribution in [0.25, 0.3) is 0 Å². The summed E-state index contributed by atoms with van der Waals surface area (Å²) in [6.45, 7) is -0.525. The molecule has 0 rings (SSSR count). The molecule has 0 aliphatic rings. The van der Waals surface area contributed by atoms with E-state index in [4.69, 9.17) is 9.47 Å². The number of rotatable bonds is 7. The molecular weight excluding hydrogens is 184 g/mol. The minimum absolute atomic E-state index is 0.106. The van der Waals surface area contributed by atoms with Crippen molar-refractivity contribution in [2.24, 2.45) is 0 Å². The molecule has 0 aliphatic carbocycles. The van der Waals surface area contributed by atoms with E-state index >= 15 is 0 Å². The van der Waals surface area contributed by atoms with Gasteiger partial charge in [0.05, 0.1) is 0 Å². The van der Waals surface area contributed by atoms with Crippen molar-refractivity contribution in [1.29, 1.82) is 0 Å². The van der Waals surface area contributed by atoms with Gasteiger partial charge in [0.1, 0.15) is 0 Å². The van der Waals surface area contributed by atoms with Gasteiger partial charge in [0.25, 0.3) is 0 Å². The first-order valence-corrected chi connectivity index (χ1v) is 4.43. The normalized spacial score (nSPS) is 12.5. The third-order valence-corrected chi connectivity index (χ3v) is 1.43. The van der Waals surface area contributed by atoms with Gasteiger partial charge < -0.3 is 22.4 Å². The summed E-state index contributed by atoms with van der Waals surface area (Å²) in [7, 11) is 0. The lowest BCUT2D eigenvalue weighted by atomic mass is 9.84. The Bertz CT molecular complexity index is 123. The van der Waals surface area contributed by atoms with E-state index in [0.29, 0.717) is 13.2 Å². The van der Waals surface area contributed by atoms with Crippen LogP contribution in [0.2, 0.25) is 6.32 Å². The minimum atomic E-state index is -4.72.